The Balaban J connectivity index is 1.79. The third-order valence-electron chi connectivity index (χ3n) is 5.47. The van der Waals surface area contributed by atoms with Crippen LogP contribution < -0.4 is 0 Å². The van der Waals surface area contributed by atoms with Gasteiger partial charge < -0.3 is 9.72 Å². The van der Waals surface area contributed by atoms with Crippen molar-refractivity contribution >= 4 is 16.9 Å². The van der Waals surface area contributed by atoms with Gasteiger partial charge in [0.2, 0.25) is 0 Å². The van der Waals surface area contributed by atoms with Crippen molar-refractivity contribution in [3.8, 4) is 0 Å². The number of hydrogen-bond donors (Lipinski definition) is 1. The highest BCUT2D eigenvalue weighted by Gasteiger charge is 2.42. The first kappa shape index (κ1) is 14.5. The van der Waals surface area contributed by atoms with Crippen molar-refractivity contribution in [1.82, 2.24) is 9.88 Å². The van der Waals surface area contributed by atoms with E-state index in [4.69, 9.17) is 4.74 Å². The molecule has 0 unspecified atom stereocenters. The number of aromatic nitrogens is 1. The molecule has 1 fully saturated rings. The van der Waals surface area contributed by atoms with Gasteiger partial charge in [-0.05, 0) is 30.0 Å². The number of methoxy groups -OCH3 is 1. The van der Waals surface area contributed by atoms with Crippen LogP contribution in [0.15, 0.2) is 37.1 Å². The van der Waals surface area contributed by atoms with E-state index in [0.717, 1.165) is 25.9 Å². The Morgan fingerprint density at radius 3 is 3.17 bits per heavy atom. The zero-order chi connectivity index (χ0) is 16.0. The Morgan fingerprint density at radius 1 is 1.52 bits per heavy atom. The molecule has 23 heavy (non-hydrogen) atoms. The number of benzene rings is 1. The molecular weight excluding hydrogens is 288 g/mol. The summed E-state index contributed by atoms with van der Waals surface area (Å²) in [5, 5.41) is 1.36. The van der Waals surface area contributed by atoms with Crippen LogP contribution in [0.4, 0.5) is 0 Å². The molecule has 3 atom stereocenters. The van der Waals surface area contributed by atoms with Crippen molar-refractivity contribution in [2.24, 2.45) is 5.92 Å². The van der Waals surface area contributed by atoms with Crippen molar-refractivity contribution < 1.29 is 9.53 Å². The van der Waals surface area contributed by atoms with Gasteiger partial charge in [-0.15, -0.1) is 6.58 Å². The first-order valence-electron chi connectivity index (χ1n) is 8.24. The average molecular weight is 310 g/mol. The molecule has 0 saturated carbocycles. The third kappa shape index (κ3) is 2.20. The highest BCUT2D eigenvalue weighted by molar-refractivity contribution is 5.88. The number of nitrogens with zero attached hydrogens (tertiary/aromatic N) is 1. The van der Waals surface area contributed by atoms with E-state index >= 15 is 0 Å². The molecule has 2 aromatic rings. The molecule has 0 spiro atoms. The second-order valence-electron chi connectivity index (χ2n) is 6.66. The lowest BCUT2D eigenvalue weighted by atomic mass is 9.72. The van der Waals surface area contributed by atoms with E-state index in [1.807, 2.05) is 6.08 Å². The van der Waals surface area contributed by atoms with E-state index in [-0.39, 0.29) is 11.9 Å². The SMILES string of the molecule is C=CCN1C[C@H](C(=O)OC)C[C@@H]2c3cccc4[nH]cc(c34)C[C@H]21. The van der Waals surface area contributed by atoms with Crippen LogP contribution in [0.5, 0.6) is 0 Å². The number of hydrogen-bond acceptors (Lipinski definition) is 3. The molecule has 4 rings (SSSR count). The smallest absolute Gasteiger partial charge is 0.309 e. The lowest BCUT2D eigenvalue weighted by Crippen LogP contribution is -2.51. The molecule has 1 aromatic heterocycles. The second kappa shape index (κ2) is 5.53. The third-order valence-corrected chi connectivity index (χ3v) is 5.47. The van der Waals surface area contributed by atoms with Crippen LogP contribution in [-0.4, -0.2) is 42.1 Å². The summed E-state index contributed by atoms with van der Waals surface area (Å²) in [5.41, 5.74) is 3.96. The minimum Gasteiger partial charge on any atom is -0.469 e. The fourth-order valence-corrected chi connectivity index (χ4v) is 4.51. The highest BCUT2D eigenvalue weighted by Crippen LogP contribution is 2.44. The van der Waals surface area contributed by atoms with Crippen molar-refractivity contribution in [3.05, 3.63) is 48.2 Å². The maximum atomic E-state index is 12.1. The van der Waals surface area contributed by atoms with E-state index in [0.29, 0.717) is 12.0 Å². The number of piperidine rings is 1. The van der Waals surface area contributed by atoms with Crippen LogP contribution >= 0.6 is 0 Å². The molecule has 4 nitrogen and oxygen atoms in total. The largest absolute Gasteiger partial charge is 0.469 e. The lowest BCUT2D eigenvalue weighted by molar-refractivity contribution is -0.148. The molecule has 0 amide bonds. The average Bonchev–Trinajstić information content (AvgIpc) is 2.99. The molecule has 1 aliphatic carbocycles. The normalized spacial score (nSPS) is 26.7. The number of aromatic amines is 1. The van der Waals surface area contributed by atoms with Gasteiger partial charge in [0.05, 0.1) is 13.0 Å². The molecule has 0 bridgehead atoms. The molecule has 2 heterocycles. The van der Waals surface area contributed by atoms with Crippen LogP contribution in [0.3, 0.4) is 0 Å². The molecular formula is C19H22N2O2. The van der Waals surface area contributed by atoms with Crippen molar-refractivity contribution in [2.45, 2.75) is 24.8 Å². The van der Waals surface area contributed by atoms with Crippen LogP contribution in [0, 0.1) is 5.92 Å². The molecule has 1 aliphatic heterocycles. The number of carbonyl (C=O) groups excluding carboxylic acids is 1. The Morgan fingerprint density at radius 2 is 2.39 bits per heavy atom. The van der Waals surface area contributed by atoms with Gasteiger partial charge in [-0.2, -0.15) is 0 Å². The maximum Gasteiger partial charge on any atom is 0.309 e. The minimum atomic E-state index is -0.0930. The fraction of sp³-hybridized carbons (Fsp3) is 0.421. The quantitative estimate of drug-likeness (QED) is 0.700. The van der Waals surface area contributed by atoms with Gasteiger partial charge in [0.15, 0.2) is 0 Å². The Labute approximate surface area is 136 Å². The summed E-state index contributed by atoms with van der Waals surface area (Å²) in [7, 11) is 1.48. The Bertz CT molecular complexity index is 764. The van der Waals surface area contributed by atoms with E-state index in [9.17, 15) is 4.79 Å². The molecule has 1 N–H and O–H groups in total. The summed E-state index contributed by atoms with van der Waals surface area (Å²) in [6, 6.07) is 6.90. The van der Waals surface area contributed by atoms with E-state index in [1.165, 1.54) is 29.1 Å². The number of esters is 1. The van der Waals surface area contributed by atoms with E-state index < -0.39 is 0 Å². The Kier molecular flexibility index (Phi) is 3.49. The predicted octanol–water partition coefficient (Wildman–Crippen LogP) is 2.86. The van der Waals surface area contributed by atoms with Gasteiger partial charge >= 0.3 is 5.97 Å². The number of nitrogens with one attached hydrogen (secondary N) is 1. The second-order valence-corrected chi connectivity index (χ2v) is 6.66. The van der Waals surface area contributed by atoms with Crippen molar-refractivity contribution in [3.63, 3.8) is 0 Å². The summed E-state index contributed by atoms with van der Waals surface area (Å²) in [5.74, 6) is 0.223. The summed E-state index contributed by atoms with van der Waals surface area (Å²) in [4.78, 5) is 17.9. The molecule has 2 aliphatic rings. The number of H-pyrrole nitrogens is 1. The summed E-state index contributed by atoms with van der Waals surface area (Å²) < 4.78 is 5.03. The number of carbonyl (C=O) groups is 1. The van der Waals surface area contributed by atoms with E-state index in [1.54, 1.807) is 0 Å². The van der Waals surface area contributed by atoms with Gasteiger partial charge in [0, 0.05) is 42.1 Å². The van der Waals surface area contributed by atoms with Gasteiger partial charge in [-0.1, -0.05) is 18.2 Å². The first-order valence-corrected chi connectivity index (χ1v) is 8.24. The Hall–Kier alpha value is -2.07. The number of fused-ring (bicyclic) bond motifs is 2. The van der Waals surface area contributed by atoms with Crippen LogP contribution in [-0.2, 0) is 16.0 Å². The van der Waals surface area contributed by atoms with Crippen LogP contribution in [0.1, 0.15) is 23.5 Å². The molecule has 0 radical (unpaired) electrons. The molecule has 120 valence electrons. The monoisotopic (exact) mass is 310 g/mol. The summed E-state index contributed by atoms with van der Waals surface area (Å²) in [6.45, 7) is 5.46. The lowest BCUT2D eigenvalue weighted by Gasteiger charge is -2.46. The van der Waals surface area contributed by atoms with E-state index in [2.05, 4.69) is 40.9 Å². The van der Waals surface area contributed by atoms with Crippen LogP contribution in [0.25, 0.3) is 10.9 Å². The van der Waals surface area contributed by atoms with Crippen molar-refractivity contribution in [2.75, 3.05) is 20.2 Å². The number of rotatable bonds is 3. The number of ether oxygens (including phenoxy) is 1. The van der Waals surface area contributed by atoms with Crippen LogP contribution in [0.2, 0.25) is 0 Å². The summed E-state index contributed by atoms with van der Waals surface area (Å²) in [6.07, 6.45) is 5.98. The topological polar surface area (TPSA) is 45.3 Å². The zero-order valence-corrected chi connectivity index (χ0v) is 13.4. The predicted molar refractivity (Wildman–Crippen MR) is 90.4 cm³/mol. The van der Waals surface area contributed by atoms with Gasteiger partial charge in [0.1, 0.15) is 0 Å². The molecule has 4 heteroatoms. The van der Waals surface area contributed by atoms with Gasteiger partial charge in [0.25, 0.3) is 0 Å². The maximum absolute atomic E-state index is 12.1. The number of likely N-dealkylation sites (tertiary alicyclic amines) is 1. The highest BCUT2D eigenvalue weighted by atomic mass is 16.5. The minimum absolute atomic E-state index is 0.0584. The molecule has 1 saturated heterocycles. The standard InChI is InChI=1S/C19H22N2O2/c1-3-7-21-11-13(19(22)23-2)8-15-14-5-4-6-16-18(14)12(10-20-16)9-17(15)21/h3-6,10,13,15,17,20H,1,7-9,11H2,2H3/t13-,15-,17-/m1/s1. The van der Waals surface area contributed by atoms with Crippen molar-refractivity contribution in [1.29, 1.82) is 0 Å². The first-order chi connectivity index (χ1) is 11.2. The fourth-order valence-electron chi connectivity index (χ4n) is 4.51. The summed E-state index contributed by atoms with van der Waals surface area (Å²) >= 11 is 0. The zero-order valence-electron chi connectivity index (χ0n) is 13.4. The molecule has 1 aromatic carbocycles. The van der Waals surface area contributed by atoms with Gasteiger partial charge in [-0.3, -0.25) is 9.69 Å². The van der Waals surface area contributed by atoms with Gasteiger partial charge in [-0.25, -0.2) is 0 Å².